The molecule has 5 heteroatoms. The van der Waals surface area contributed by atoms with Gasteiger partial charge in [0, 0.05) is 12.4 Å². The third-order valence-electron chi connectivity index (χ3n) is 1.60. The highest BCUT2D eigenvalue weighted by molar-refractivity contribution is 5.49. The van der Waals surface area contributed by atoms with Crippen molar-refractivity contribution >= 4 is 11.6 Å². The van der Waals surface area contributed by atoms with E-state index < -0.39 is 0 Å². The predicted molar refractivity (Wildman–Crippen MR) is 52.4 cm³/mol. The Labute approximate surface area is 79.9 Å². The molecule has 0 aliphatic rings. The SMILES string of the molecule is O=c1nccc(Nc2ccccn2)[nH]1. The maximum absolute atomic E-state index is 10.9. The number of nitrogens with zero attached hydrogens (tertiary/aromatic N) is 2. The number of hydrogen-bond acceptors (Lipinski definition) is 4. The molecule has 2 aromatic rings. The number of rotatable bonds is 2. The van der Waals surface area contributed by atoms with Crippen molar-refractivity contribution < 1.29 is 0 Å². The van der Waals surface area contributed by atoms with Crippen LogP contribution in [0.25, 0.3) is 0 Å². The van der Waals surface area contributed by atoms with E-state index >= 15 is 0 Å². The molecule has 2 N–H and O–H groups in total. The van der Waals surface area contributed by atoms with Crippen LogP contribution in [0.15, 0.2) is 41.5 Å². The Morgan fingerprint density at radius 3 is 2.79 bits per heavy atom. The highest BCUT2D eigenvalue weighted by Gasteiger charge is 1.94. The Kier molecular flexibility index (Phi) is 2.22. The molecule has 2 rings (SSSR count). The highest BCUT2D eigenvalue weighted by atomic mass is 16.1. The lowest BCUT2D eigenvalue weighted by Crippen LogP contribution is -2.10. The topological polar surface area (TPSA) is 70.7 Å². The zero-order chi connectivity index (χ0) is 9.80. The fraction of sp³-hybridized carbons (Fsp3) is 0. The number of anilines is 2. The van der Waals surface area contributed by atoms with E-state index in [-0.39, 0.29) is 5.69 Å². The van der Waals surface area contributed by atoms with Gasteiger partial charge >= 0.3 is 5.69 Å². The summed E-state index contributed by atoms with van der Waals surface area (Å²) in [7, 11) is 0. The van der Waals surface area contributed by atoms with Crippen molar-refractivity contribution in [2.75, 3.05) is 5.32 Å². The van der Waals surface area contributed by atoms with E-state index in [0.29, 0.717) is 11.6 Å². The van der Waals surface area contributed by atoms with Gasteiger partial charge in [0.2, 0.25) is 0 Å². The Morgan fingerprint density at radius 1 is 1.14 bits per heavy atom. The van der Waals surface area contributed by atoms with E-state index in [4.69, 9.17) is 0 Å². The van der Waals surface area contributed by atoms with E-state index in [1.807, 2.05) is 12.1 Å². The van der Waals surface area contributed by atoms with E-state index in [0.717, 1.165) is 0 Å². The fourth-order valence-electron chi connectivity index (χ4n) is 1.02. The predicted octanol–water partition coefficient (Wildman–Crippen LogP) is 0.908. The summed E-state index contributed by atoms with van der Waals surface area (Å²) in [6, 6.07) is 7.14. The molecule has 0 fully saturated rings. The summed E-state index contributed by atoms with van der Waals surface area (Å²) in [5.41, 5.74) is -0.383. The van der Waals surface area contributed by atoms with Crippen LogP contribution < -0.4 is 11.0 Å². The number of H-pyrrole nitrogens is 1. The first kappa shape index (κ1) is 8.43. The maximum atomic E-state index is 10.9. The summed E-state index contributed by atoms with van der Waals surface area (Å²) in [5.74, 6) is 1.25. The van der Waals surface area contributed by atoms with E-state index in [1.165, 1.54) is 6.20 Å². The highest BCUT2D eigenvalue weighted by Crippen LogP contribution is 2.07. The van der Waals surface area contributed by atoms with Crippen LogP contribution in [0.4, 0.5) is 11.6 Å². The minimum absolute atomic E-state index is 0.383. The lowest BCUT2D eigenvalue weighted by Gasteiger charge is -2.02. The first-order valence-electron chi connectivity index (χ1n) is 4.08. The lowest BCUT2D eigenvalue weighted by atomic mass is 10.4. The summed E-state index contributed by atoms with van der Waals surface area (Å²) in [4.78, 5) is 21.0. The molecule has 0 aliphatic heterocycles. The molecular formula is C9H8N4O. The molecule has 2 aromatic heterocycles. The van der Waals surface area contributed by atoms with Gasteiger partial charge in [0.1, 0.15) is 11.6 Å². The second-order valence-corrected chi connectivity index (χ2v) is 2.63. The number of aromatic nitrogens is 3. The Morgan fingerprint density at radius 2 is 2.07 bits per heavy atom. The molecule has 0 atom stereocenters. The van der Waals surface area contributed by atoms with Crippen molar-refractivity contribution in [3.8, 4) is 0 Å². The largest absolute Gasteiger partial charge is 0.346 e. The van der Waals surface area contributed by atoms with Crippen LogP contribution in [0, 0.1) is 0 Å². The van der Waals surface area contributed by atoms with E-state index in [2.05, 4.69) is 20.3 Å². The molecule has 0 saturated carbocycles. The Hall–Kier alpha value is -2.17. The summed E-state index contributed by atoms with van der Waals surface area (Å²) in [6.07, 6.45) is 3.10. The Bertz CT molecular complexity index is 465. The van der Waals surface area contributed by atoms with Crippen molar-refractivity contribution in [3.05, 3.63) is 47.1 Å². The van der Waals surface area contributed by atoms with Crippen LogP contribution >= 0.6 is 0 Å². The van der Waals surface area contributed by atoms with Crippen LogP contribution in [-0.4, -0.2) is 15.0 Å². The molecule has 0 saturated heterocycles. The van der Waals surface area contributed by atoms with Gasteiger partial charge in [-0.3, -0.25) is 4.98 Å². The summed E-state index contributed by atoms with van der Waals surface area (Å²) < 4.78 is 0. The number of pyridine rings is 1. The molecule has 0 aliphatic carbocycles. The zero-order valence-electron chi connectivity index (χ0n) is 7.27. The maximum Gasteiger partial charge on any atom is 0.346 e. The van der Waals surface area contributed by atoms with Crippen LogP contribution in [0.2, 0.25) is 0 Å². The molecular weight excluding hydrogens is 180 g/mol. The quantitative estimate of drug-likeness (QED) is 0.734. The van der Waals surface area contributed by atoms with Gasteiger partial charge in [-0.1, -0.05) is 6.07 Å². The fourth-order valence-corrected chi connectivity index (χ4v) is 1.02. The van der Waals surface area contributed by atoms with Crippen LogP contribution in [0.1, 0.15) is 0 Å². The smallest absolute Gasteiger partial charge is 0.326 e. The average Bonchev–Trinajstić information content (AvgIpc) is 2.19. The Balaban J connectivity index is 2.24. The van der Waals surface area contributed by atoms with Gasteiger partial charge in [-0.2, -0.15) is 0 Å². The van der Waals surface area contributed by atoms with Gasteiger partial charge in [-0.15, -0.1) is 0 Å². The number of hydrogen-bond donors (Lipinski definition) is 2. The molecule has 2 heterocycles. The van der Waals surface area contributed by atoms with Crippen molar-refractivity contribution in [3.63, 3.8) is 0 Å². The normalized spacial score (nSPS) is 9.71. The molecule has 0 aromatic carbocycles. The molecule has 70 valence electrons. The average molecular weight is 188 g/mol. The van der Waals surface area contributed by atoms with Crippen LogP contribution in [0.3, 0.4) is 0 Å². The van der Waals surface area contributed by atoms with Crippen LogP contribution in [0.5, 0.6) is 0 Å². The van der Waals surface area contributed by atoms with Crippen LogP contribution in [-0.2, 0) is 0 Å². The van der Waals surface area contributed by atoms with Gasteiger partial charge in [-0.25, -0.2) is 14.8 Å². The third-order valence-corrected chi connectivity index (χ3v) is 1.60. The van der Waals surface area contributed by atoms with Crippen molar-refractivity contribution in [2.24, 2.45) is 0 Å². The molecule has 0 radical (unpaired) electrons. The summed E-state index contributed by atoms with van der Waals surface area (Å²) >= 11 is 0. The minimum Gasteiger partial charge on any atom is -0.326 e. The molecule has 0 unspecified atom stereocenters. The van der Waals surface area contributed by atoms with E-state index in [1.54, 1.807) is 18.3 Å². The van der Waals surface area contributed by atoms with Crippen molar-refractivity contribution in [1.82, 2.24) is 15.0 Å². The molecule has 5 nitrogen and oxygen atoms in total. The summed E-state index contributed by atoms with van der Waals surface area (Å²) in [5, 5.41) is 2.94. The summed E-state index contributed by atoms with van der Waals surface area (Å²) in [6.45, 7) is 0. The molecule has 0 spiro atoms. The van der Waals surface area contributed by atoms with Gasteiger partial charge in [-0.05, 0) is 18.2 Å². The second-order valence-electron chi connectivity index (χ2n) is 2.63. The standard InChI is InChI=1S/C9H8N4O/c14-9-11-6-4-8(13-9)12-7-3-1-2-5-10-7/h1-6H,(H2,10,11,12,13,14). The monoisotopic (exact) mass is 188 g/mol. The molecule has 0 amide bonds. The minimum atomic E-state index is -0.383. The zero-order valence-corrected chi connectivity index (χ0v) is 7.27. The van der Waals surface area contributed by atoms with Gasteiger partial charge in [0.25, 0.3) is 0 Å². The first-order chi connectivity index (χ1) is 6.84. The third kappa shape index (κ3) is 1.95. The first-order valence-corrected chi connectivity index (χ1v) is 4.08. The van der Waals surface area contributed by atoms with Gasteiger partial charge in [0.05, 0.1) is 0 Å². The lowest BCUT2D eigenvalue weighted by molar-refractivity contribution is 1.07. The van der Waals surface area contributed by atoms with Gasteiger partial charge < -0.3 is 5.32 Å². The van der Waals surface area contributed by atoms with Crippen molar-refractivity contribution in [1.29, 1.82) is 0 Å². The van der Waals surface area contributed by atoms with E-state index in [9.17, 15) is 4.79 Å². The van der Waals surface area contributed by atoms with Gasteiger partial charge in [0.15, 0.2) is 0 Å². The second kappa shape index (κ2) is 3.69. The molecule has 14 heavy (non-hydrogen) atoms. The molecule has 0 bridgehead atoms. The number of aromatic amines is 1. The van der Waals surface area contributed by atoms with Crippen molar-refractivity contribution in [2.45, 2.75) is 0 Å². The number of nitrogens with one attached hydrogen (secondary N) is 2.